The van der Waals surface area contributed by atoms with E-state index in [1.54, 1.807) is 0 Å². The van der Waals surface area contributed by atoms with Crippen molar-refractivity contribution in [2.45, 2.75) is 49.2 Å². The molecule has 0 saturated heterocycles. The highest BCUT2D eigenvalue weighted by Crippen LogP contribution is 2.53. The van der Waals surface area contributed by atoms with Gasteiger partial charge in [0.25, 0.3) is 0 Å². The van der Waals surface area contributed by atoms with Crippen LogP contribution >= 0.6 is 10.7 Å². The molecule has 0 aromatic carbocycles. The van der Waals surface area contributed by atoms with Gasteiger partial charge in [0.05, 0.1) is 4.75 Å². The fraction of sp³-hybridized carbons (Fsp3) is 1.00. The standard InChI is InChI=1S/C9H13ClF2O2S/c10-15(13,14)8(3-4-8)5-7-1-2-9(11,12)6-7/h7H,1-6H2. The summed E-state index contributed by atoms with van der Waals surface area (Å²) in [4.78, 5) is 0. The Hall–Kier alpha value is 0.1000. The van der Waals surface area contributed by atoms with E-state index in [4.69, 9.17) is 10.7 Å². The van der Waals surface area contributed by atoms with Crippen molar-refractivity contribution in [3.63, 3.8) is 0 Å². The van der Waals surface area contributed by atoms with Crippen molar-refractivity contribution >= 4 is 19.7 Å². The summed E-state index contributed by atoms with van der Waals surface area (Å²) in [6.07, 6.45) is 1.49. The second-order valence-electron chi connectivity index (χ2n) is 4.79. The maximum absolute atomic E-state index is 12.9. The van der Waals surface area contributed by atoms with Crippen LogP contribution in [-0.2, 0) is 9.05 Å². The van der Waals surface area contributed by atoms with Crippen LogP contribution in [0.1, 0.15) is 38.5 Å². The Labute approximate surface area is 92.4 Å². The molecule has 1 unspecified atom stereocenters. The Balaban J connectivity index is 2.00. The van der Waals surface area contributed by atoms with Crippen molar-refractivity contribution in [3.8, 4) is 0 Å². The van der Waals surface area contributed by atoms with Crippen molar-refractivity contribution in [3.05, 3.63) is 0 Å². The van der Waals surface area contributed by atoms with Crippen molar-refractivity contribution in [2.75, 3.05) is 0 Å². The van der Waals surface area contributed by atoms with E-state index in [2.05, 4.69) is 0 Å². The number of halogens is 3. The third-order valence-corrected chi connectivity index (χ3v) is 6.08. The average Bonchev–Trinajstić information content (AvgIpc) is 2.73. The molecule has 2 aliphatic rings. The van der Waals surface area contributed by atoms with Gasteiger partial charge in [0.15, 0.2) is 0 Å². The fourth-order valence-electron chi connectivity index (χ4n) is 2.43. The first-order chi connectivity index (χ1) is 6.74. The molecule has 0 aromatic heterocycles. The lowest BCUT2D eigenvalue weighted by Crippen LogP contribution is -2.22. The van der Waals surface area contributed by atoms with Gasteiger partial charge in [-0.1, -0.05) is 0 Å². The monoisotopic (exact) mass is 258 g/mol. The second kappa shape index (κ2) is 3.29. The molecule has 2 fully saturated rings. The van der Waals surface area contributed by atoms with Gasteiger partial charge >= 0.3 is 0 Å². The predicted octanol–water partition coefficient (Wildman–Crippen LogP) is 2.91. The fourth-order valence-corrected chi connectivity index (χ4v) is 4.11. The maximum atomic E-state index is 12.9. The van der Waals surface area contributed by atoms with Crippen molar-refractivity contribution < 1.29 is 17.2 Å². The largest absolute Gasteiger partial charge is 0.248 e. The zero-order valence-electron chi connectivity index (χ0n) is 8.18. The molecule has 0 aromatic rings. The first-order valence-electron chi connectivity index (χ1n) is 5.06. The first-order valence-corrected chi connectivity index (χ1v) is 7.37. The van der Waals surface area contributed by atoms with Gasteiger partial charge in [0, 0.05) is 23.5 Å². The molecule has 0 amide bonds. The smallest absolute Gasteiger partial charge is 0.212 e. The minimum absolute atomic E-state index is 0.115. The Morgan fingerprint density at radius 2 is 1.87 bits per heavy atom. The van der Waals surface area contributed by atoms with Gasteiger partial charge < -0.3 is 0 Å². The van der Waals surface area contributed by atoms with Crippen LogP contribution in [0.3, 0.4) is 0 Å². The molecule has 2 aliphatic carbocycles. The molecule has 88 valence electrons. The van der Waals surface area contributed by atoms with Gasteiger partial charge in [0.2, 0.25) is 15.0 Å². The SMILES string of the molecule is O=S(=O)(Cl)C1(CC2CCC(F)(F)C2)CC1. The molecule has 0 spiro atoms. The molecule has 2 rings (SSSR count). The summed E-state index contributed by atoms with van der Waals surface area (Å²) < 4.78 is 47.4. The van der Waals surface area contributed by atoms with Gasteiger partial charge in [-0.05, 0) is 31.6 Å². The van der Waals surface area contributed by atoms with E-state index >= 15 is 0 Å². The summed E-state index contributed by atoms with van der Waals surface area (Å²) >= 11 is 0. The lowest BCUT2D eigenvalue weighted by molar-refractivity contribution is 0.00461. The second-order valence-corrected chi connectivity index (χ2v) is 7.75. The Bertz CT molecular complexity index is 362. The number of alkyl halides is 2. The van der Waals surface area contributed by atoms with E-state index in [1.165, 1.54) is 0 Å². The van der Waals surface area contributed by atoms with Crippen molar-refractivity contribution in [1.82, 2.24) is 0 Å². The van der Waals surface area contributed by atoms with Gasteiger partial charge in [-0.25, -0.2) is 17.2 Å². The molecule has 15 heavy (non-hydrogen) atoms. The minimum Gasteiger partial charge on any atom is -0.212 e. The molecule has 2 saturated carbocycles. The Morgan fingerprint density at radius 1 is 1.27 bits per heavy atom. The Morgan fingerprint density at radius 3 is 2.20 bits per heavy atom. The summed E-state index contributed by atoms with van der Waals surface area (Å²) in [5.74, 6) is -2.78. The van der Waals surface area contributed by atoms with Crippen LogP contribution in [0.15, 0.2) is 0 Å². The predicted molar refractivity (Wildman–Crippen MR) is 53.6 cm³/mol. The van der Waals surface area contributed by atoms with Crippen LogP contribution in [0, 0.1) is 5.92 Å². The Kier molecular flexibility index (Phi) is 2.54. The third kappa shape index (κ3) is 2.28. The van der Waals surface area contributed by atoms with E-state index in [0.29, 0.717) is 25.7 Å². The summed E-state index contributed by atoms with van der Waals surface area (Å²) in [7, 11) is 1.73. The third-order valence-electron chi connectivity index (χ3n) is 3.49. The van der Waals surface area contributed by atoms with E-state index < -0.39 is 19.7 Å². The van der Waals surface area contributed by atoms with E-state index in [-0.39, 0.29) is 18.8 Å². The summed E-state index contributed by atoms with van der Waals surface area (Å²) in [6, 6.07) is 0. The van der Waals surface area contributed by atoms with E-state index in [1.807, 2.05) is 0 Å². The molecule has 2 nitrogen and oxygen atoms in total. The van der Waals surface area contributed by atoms with Crippen molar-refractivity contribution in [1.29, 1.82) is 0 Å². The molecular weight excluding hydrogens is 246 g/mol. The number of rotatable bonds is 3. The molecule has 0 aliphatic heterocycles. The molecule has 0 N–H and O–H groups in total. The van der Waals surface area contributed by atoms with Crippen LogP contribution in [0.25, 0.3) is 0 Å². The lowest BCUT2D eigenvalue weighted by atomic mass is 10.0. The first kappa shape index (κ1) is 11.6. The summed E-state index contributed by atoms with van der Waals surface area (Å²) in [6.45, 7) is 0. The zero-order chi connectivity index (χ0) is 11.3. The number of hydrogen-bond acceptors (Lipinski definition) is 2. The van der Waals surface area contributed by atoms with Gasteiger partial charge in [0.1, 0.15) is 0 Å². The summed E-state index contributed by atoms with van der Waals surface area (Å²) in [5.41, 5.74) is 0. The van der Waals surface area contributed by atoms with Crippen LogP contribution in [0.5, 0.6) is 0 Å². The average molecular weight is 259 g/mol. The van der Waals surface area contributed by atoms with Gasteiger partial charge in [-0.2, -0.15) is 0 Å². The zero-order valence-corrected chi connectivity index (χ0v) is 9.75. The van der Waals surface area contributed by atoms with Crippen LogP contribution in [0.2, 0.25) is 0 Å². The molecule has 0 radical (unpaired) electrons. The van der Waals surface area contributed by atoms with E-state index in [9.17, 15) is 17.2 Å². The van der Waals surface area contributed by atoms with Crippen LogP contribution < -0.4 is 0 Å². The highest BCUT2D eigenvalue weighted by atomic mass is 35.7. The molecule has 0 bridgehead atoms. The van der Waals surface area contributed by atoms with Gasteiger partial charge in [-0.3, -0.25) is 0 Å². The molecule has 1 atom stereocenters. The molecule has 0 heterocycles. The minimum atomic E-state index is -3.59. The molecular formula is C9H13ClF2O2S. The maximum Gasteiger partial charge on any atom is 0.248 e. The molecule has 6 heteroatoms. The van der Waals surface area contributed by atoms with Gasteiger partial charge in [-0.15, -0.1) is 0 Å². The topological polar surface area (TPSA) is 34.1 Å². The van der Waals surface area contributed by atoms with Crippen LogP contribution in [0.4, 0.5) is 8.78 Å². The highest BCUT2D eigenvalue weighted by Gasteiger charge is 2.56. The lowest BCUT2D eigenvalue weighted by Gasteiger charge is -2.16. The summed E-state index contributed by atoms with van der Waals surface area (Å²) in [5, 5.41) is 0. The van der Waals surface area contributed by atoms with Crippen molar-refractivity contribution in [2.24, 2.45) is 5.92 Å². The quantitative estimate of drug-likeness (QED) is 0.730. The normalized spacial score (nSPS) is 32.9. The highest BCUT2D eigenvalue weighted by molar-refractivity contribution is 8.15. The number of hydrogen-bond donors (Lipinski definition) is 0. The van der Waals surface area contributed by atoms with E-state index in [0.717, 1.165) is 0 Å². The van der Waals surface area contributed by atoms with Crippen LogP contribution in [-0.4, -0.2) is 19.1 Å².